The Morgan fingerprint density at radius 2 is 1.44 bits per heavy atom. The van der Waals surface area contributed by atoms with Crippen molar-refractivity contribution in [2.75, 3.05) is 0 Å². The second-order valence-electron chi connectivity index (χ2n) is 10.4. The van der Waals surface area contributed by atoms with Crippen LogP contribution in [0, 0.1) is 0 Å². The summed E-state index contributed by atoms with van der Waals surface area (Å²) in [6.07, 6.45) is 3.84. The molecule has 0 unspecified atom stereocenters. The van der Waals surface area contributed by atoms with Crippen LogP contribution in [0.3, 0.4) is 0 Å². The lowest BCUT2D eigenvalue weighted by Gasteiger charge is -2.23. The number of pyridine rings is 1. The summed E-state index contributed by atoms with van der Waals surface area (Å²) in [6.45, 7) is 4.76. The van der Waals surface area contributed by atoms with Crippen LogP contribution < -0.4 is 0 Å². The first kappa shape index (κ1) is 19.8. The Balaban J connectivity index is 1.60. The summed E-state index contributed by atoms with van der Waals surface area (Å²) < 4.78 is 2.45. The van der Waals surface area contributed by atoms with Crippen LogP contribution in [0.4, 0.5) is 0 Å². The summed E-state index contributed by atoms with van der Waals surface area (Å²) in [5, 5.41) is 7.67. The molecule has 2 heteroatoms. The van der Waals surface area contributed by atoms with E-state index in [1.807, 2.05) is 12.4 Å². The molecule has 170 valence electrons. The number of hydrogen-bond donors (Lipinski definition) is 0. The van der Waals surface area contributed by atoms with Gasteiger partial charge in [0.15, 0.2) is 0 Å². The Morgan fingerprint density at radius 3 is 2.39 bits per heavy atom. The fourth-order valence-corrected chi connectivity index (χ4v) is 6.71. The minimum Gasteiger partial charge on any atom is -0.309 e. The largest absolute Gasteiger partial charge is 0.309 e. The third kappa shape index (κ3) is 2.39. The molecule has 2 aromatic heterocycles. The predicted octanol–water partition coefficient (Wildman–Crippen LogP) is 8.79. The van der Waals surface area contributed by atoms with Gasteiger partial charge < -0.3 is 4.57 Å². The van der Waals surface area contributed by atoms with Crippen LogP contribution in [-0.4, -0.2) is 9.55 Å². The number of para-hydroxylation sites is 1. The summed E-state index contributed by atoms with van der Waals surface area (Å²) in [5.41, 5.74) is 9.17. The van der Waals surface area contributed by atoms with E-state index in [1.165, 1.54) is 65.9 Å². The van der Waals surface area contributed by atoms with Gasteiger partial charge in [-0.2, -0.15) is 0 Å². The standard InChI is InChI=1S/C34H24N2/c1-34(2)27-11-5-3-9-24(27)25-16-14-21-15-17-30-32(31(21)33(25)34)26-10-4-6-12-29(26)36(30)28-13-7-8-22-20-35-19-18-23(22)28/h3-20H,1-2H3. The predicted molar refractivity (Wildman–Crippen MR) is 151 cm³/mol. The number of hydrogen-bond acceptors (Lipinski definition) is 1. The van der Waals surface area contributed by atoms with Crippen molar-refractivity contribution in [2.45, 2.75) is 19.3 Å². The maximum atomic E-state index is 4.37. The van der Waals surface area contributed by atoms with E-state index in [9.17, 15) is 0 Å². The molecule has 2 nitrogen and oxygen atoms in total. The average Bonchev–Trinajstić information content (AvgIpc) is 3.38. The lowest BCUT2D eigenvalue weighted by Crippen LogP contribution is -2.15. The van der Waals surface area contributed by atoms with Gasteiger partial charge in [0, 0.05) is 39.4 Å². The second kappa shape index (κ2) is 6.83. The maximum absolute atomic E-state index is 4.37. The van der Waals surface area contributed by atoms with Gasteiger partial charge in [-0.1, -0.05) is 86.6 Å². The molecular formula is C34H24N2. The molecule has 36 heavy (non-hydrogen) atoms. The molecular weight excluding hydrogens is 436 g/mol. The Morgan fingerprint density at radius 1 is 0.611 bits per heavy atom. The zero-order valence-corrected chi connectivity index (χ0v) is 20.3. The lowest BCUT2D eigenvalue weighted by atomic mass is 9.79. The van der Waals surface area contributed by atoms with Gasteiger partial charge in [0.1, 0.15) is 0 Å². The topological polar surface area (TPSA) is 17.8 Å². The number of rotatable bonds is 1. The first-order chi connectivity index (χ1) is 17.6. The van der Waals surface area contributed by atoms with Crippen LogP contribution in [0.5, 0.6) is 0 Å². The molecule has 0 amide bonds. The third-order valence-electron chi connectivity index (χ3n) is 8.23. The molecule has 0 saturated heterocycles. The van der Waals surface area contributed by atoms with Gasteiger partial charge in [-0.25, -0.2) is 0 Å². The molecule has 8 rings (SSSR count). The highest BCUT2D eigenvalue weighted by Gasteiger charge is 2.37. The highest BCUT2D eigenvalue weighted by molar-refractivity contribution is 6.24. The average molecular weight is 461 g/mol. The fourth-order valence-electron chi connectivity index (χ4n) is 6.71. The smallest absolute Gasteiger partial charge is 0.0547 e. The Kier molecular flexibility index (Phi) is 3.76. The minimum atomic E-state index is -0.0754. The van der Waals surface area contributed by atoms with Gasteiger partial charge in [-0.3, -0.25) is 4.98 Å². The van der Waals surface area contributed by atoms with E-state index in [-0.39, 0.29) is 5.41 Å². The van der Waals surface area contributed by atoms with Crippen molar-refractivity contribution in [1.82, 2.24) is 9.55 Å². The summed E-state index contributed by atoms with van der Waals surface area (Å²) in [6, 6.07) is 35.7. The van der Waals surface area contributed by atoms with Crippen LogP contribution in [-0.2, 0) is 5.41 Å². The zero-order valence-electron chi connectivity index (χ0n) is 20.3. The van der Waals surface area contributed by atoms with E-state index in [4.69, 9.17) is 0 Å². The summed E-state index contributed by atoms with van der Waals surface area (Å²) in [4.78, 5) is 4.37. The summed E-state index contributed by atoms with van der Waals surface area (Å²) >= 11 is 0. The molecule has 1 aliphatic rings. The van der Waals surface area contributed by atoms with Crippen molar-refractivity contribution in [3.8, 4) is 16.8 Å². The zero-order chi connectivity index (χ0) is 24.0. The van der Waals surface area contributed by atoms with Crippen LogP contribution in [0.2, 0.25) is 0 Å². The van der Waals surface area contributed by atoms with E-state index >= 15 is 0 Å². The molecule has 2 heterocycles. The Bertz CT molecular complexity index is 2020. The third-order valence-corrected chi connectivity index (χ3v) is 8.23. The van der Waals surface area contributed by atoms with Crippen molar-refractivity contribution in [1.29, 1.82) is 0 Å². The number of aromatic nitrogens is 2. The van der Waals surface area contributed by atoms with E-state index < -0.39 is 0 Å². The van der Waals surface area contributed by atoms with Crippen LogP contribution in [0.15, 0.2) is 109 Å². The first-order valence-electron chi connectivity index (χ1n) is 12.6. The van der Waals surface area contributed by atoms with Crippen molar-refractivity contribution in [3.63, 3.8) is 0 Å². The monoisotopic (exact) mass is 460 g/mol. The fraction of sp³-hybridized carbons (Fsp3) is 0.0882. The van der Waals surface area contributed by atoms with Crippen LogP contribution >= 0.6 is 0 Å². The van der Waals surface area contributed by atoms with Gasteiger partial charge >= 0.3 is 0 Å². The molecule has 5 aromatic carbocycles. The molecule has 7 aromatic rings. The molecule has 0 bridgehead atoms. The normalized spacial score (nSPS) is 14.1. The molecule has 0 radical (unpaired) electrons. The second-order valence-corrected chi connectivity index (χ2v) is 10.4. The van der Waals surface area contributed by atoms with Gasteiger partial charge in [0.05, 0.1) is 16.7 Å². The highest BCUT2D eigenvalue weighted by atomic mass is 15.0. The maximum Gasteiger partial charge on any atom is 0.0547 e. The highest BCUT2D eigenvalue weighted by Crippen LogP contribution is 2.53. The number of nitrogens with zero attached hydrogens (tertiary/aromatic N) is 2. The number of benzene rings is 5. The van der Waals surface area contributed by atoms with Gasteiger partial charge in [-0.05, 0) is 57.3 Å². The van der Waals surface area contributed by atoms with E-state index in [2.05, 4.69) is 120 Å². The van der Waals surface area contributed by atoms with Crippen LogP contribution in [0.25, 0.3) is 60.2 Å². The Labute approximate surface area is 209 Å². The SMILES string of the molecule is CC1(C)c2ccccc2-c2ccc3ccc4c(c5ccccc5n4-c4cccc5cnccc45)c3c21. The van der Waals surface area contributed by atoms with Crippen LogP contribution in [0.1, 0.15) is 25.0 Å². The summed E-state index contributed by atoms with van der Waals surface area (Å²) in [7, 11) is 0. The first-order valence-corrected chi connectivity index (χ1v) is 12.6. The van der Waals surface area contributed by atoms with Gasteiger partial charge in [-0.15, -0.1) is 0 Å². The van der Waals surface area contributed by atoms with Crippen molar-refractivity contribution < 1.29 is 0 Å². The van der Waals surface area contributed by atoms with Crippen molar-refractivity contribution in [3.05, 3.63) is 121 Å². The summed E-state index contributed by atoms with van der Waals surface area (Å²) in [5.74, 6) is 0. The molecule has 1 aliphatic carbocycles. The quantitative estimate of drug-likeness (QED) is 0.239. The van der Waals surface area contributed by atoms with Gasteiger partial charge in [0.25, 0.3) is 0 Å². The molecule has 0 fully saturated rings. The molecule has 0 saturated carbocycles. The minimum absolute atomic E-state index is 0.0754. The Hall–Kier alpha value is -4.43. The van der Waals surface area contributed by atoms with Crippen molar-refractivity contribution >= 4 is 43.4 Å². The van der Waals surface area contributed by atoms with Crippen molar-refractivity contribution in [2.24, 2.45) is 0 Å². The molecule has 0 aliphatic heterocycles. The molecule has 0 spiro atoms. The molecule has 0 N–H and O–H groups in total. The van der Waals surface area contributed by atoms with E-state index in [0.29, 0.717) is 0 Å². The lowest BCUT2D eigenvalue weighted by molar-refractivity contribution is 0.666. The van der Waals surface area contributed by atoms with E-state index in [1.54, 1.807) is 0 Å². The molecule has 0 atom stereocenters. The van der Waals surface area contributed by atoms with E-state index in [0.717, 1.165) is 5.39 Å². The van der Waals surface area contributed by atoms with Gasteiger partial charge in [0.2, 0.25) is 0 Å². The number of fused-ring (bicyclic) bond motifs is 10.